The molecule has 4 aliphatic rings. The first-order chi connectivity index (χ1) is 15.7. The predicted octanol–water partition coefficient (Wildman–Crippen LogP) is 6.37. The van der Waals surface area contributed by atoms with Gasteiger partial charge in [-0.3, -0.25) is 9.59 Å². The van der Waals surface area contributed by atoms with Gasteiger partial charge in [-0.05, 0) is 116 Å². The summed E-state index contributed by atoms with van der Waals surface area (Å²) in [6.45, 7) is 7.11. The number of aliphatic carboxylic acids is 1. The molecule has 0 aromatic carbocycles. The van der Waals surface area contributed by atoms with Crippen molar-refractivity contribution in [1.82, 2.24) is 0 Å². The lowest BCUT2D eigenvalue weighted by Gasteiger charge is -2.61. The van der Waals surface area contributed by atoms with Gasteiger partial charge in [0.15, 0.2) is 0 Å². The zero-order valence-corrected chi connectivity index (χ0v) is 20.5. The number of carboxylic acid groups (broad SMARTS) is 1. The van der Waals surface area contributed by atoms with Crippen molar-refractivity contribution in [2.45, 2.75) is 97.5 Å². The van der Waals surface area contributed by atoms with E-state index in [2.05, 4.69) is 30.8 Å². The van der Waals surface area contributed by atoms with Crippen molar-refractivity contribution in [3.05, 3.63) is 10.4 Å². The minimum Gasteiger partial charge on any atom is -0.481 e. The summed E-state index contributed by atoms with van der Waals surface area (Å²) in [7, 11) is 0. The number of azide groups is 1. The Bertz CT molecular complexity index is 811. The number of hydrogen-bond acceptors (Lipinski definition) is 4. The van der Waals surface area contributed by atoms with Gasteiger partial charge in [-0.15, -0.1) is 0 Å². The smallest absolute Gasteiger partial charge is 0.311 e. The number of fused-ring (bicyclic) bond motifs is 5. The fourth-order valence-electron chi connectivity index (χ4n) is 9.17. The molecule has 4 saturated carbocycles. The number of rotatable bonds is 7. The maximum Gasteiger partial charge on any atom is 0.311 e. The van der Waals surface area contributed by atoms with Crippen LogP contribution >= 0.6 is 0 Å². The molecule has 4 fully saturated rings. The quantitative estimate of drug-likeness (QED) is 0.206. The summed E-state index contributed by atoms with van der Waals surface area (Å²) < 4.78 is 5.64. The zero-order valence-electron chi connectivity index (χ0n) is 20.5. The average Bonchev–Trinajstić information content (AvgIpc) is 3.13. The molecule has 0 aliphatic heterocycles. The van der Waals surface area contributed by atoms with Crippen LogP contribution < -0.4 is 0 Å². The lowest BCUT2D eigenvalue weighted by atomic mass is 9.44. The lowest BCUT2D eigenvalue weighted by molar-refractivity contribution is -0.161. The largest absolute Gasteiger partial charge is 0.481 e. The molecule has 184 valence electrons. The van der Waals surface area contributed by atoms with E-state index in [1.165, 1.54) is 38.5 Å². The van der Waals surface area contributed by atoms with E-state index in [0.717, 1.165) is 43.4 Å². The van der Waals surface area contributed by atoms with Gasteiger partial charge < -0.3 is 9.84 Å². The van der Waals surface area contributed by atoms with Crippen molar-refractivity contribution in [3.63, 3.8) is 0 Å². The zero-order chi connectivity index (χ0) is 23.8. The molecule has 7 heteroatoms. The Hall–Kier alpha value is -1.75. The molecular formula is C26H41N3O4. The van der Waals surface area contributed by atoms with Gasteiger partial charge in [0.25, 0.3) is 0 Å². The fraction of sp³-hybridized carbons (Fsp3) is 0.923. The second-order valence-electron chi connectivity index (χ2n) is 12.1. The summed E-state index contributed by atoms with van der Waals surface area (Å²) in [6.07, 6.45) is 11.6. The van der Waals surface area contributed by atoms with Gasteiger partial charge in [0, 0.05) is 11.3 Å². The Labute approximate surface area is 197 Å². The van der Waals surface area contributed by atoms with Crippen LogP contribution in [0.15, 0.2) is 5.11 Å². The van der Waals surface area contributed by atoms with Crippen LogP contribution in [0.4, 0.5) is 0 Å². The monoisotopic (exact) mass is 459 g/mol. The van der Waals surface area contributed by atoms with E-state index in [9.17, 15) is 9.59 Å². The summed E-state index contributed by atoms with van der Waals surface area (Å²) in [6, 6.07) is 0. The second kappa shape index (κ2) is 9.48. The maximum atomic E-state index is 11.9. The number of nitrogens with zero attached hydrogens (tertiary/aromatic N) is 3. The van der Waals surface area contributed by atoms with Crippen LogP contribution in [0, 0.1) is 46.3 Å². The van der Waals surface area contributed by atoms with Crippen LogP contribution in [0.25, 0.3) is 10.4 Å². The Morgan fingerprint density at radius 3 is 2.55 bits per heavy atom. The Kier molecular flexibility index (Phi) is 7.00. The van der Waals surface area contributed by atoms with Crippen molar-refractivity contribution in [3.8, 4) is 0 Å². The van der Waals surface area contributed by atoms with Crippen molar-refractivity contribution >= 4 is 11.9 Å². The van der Waals surface area contributed by atoms with Crippen LogP contribution in [0.2, 0.25) is 0 Å². The first-order valence-corrected chi connectivity index (χ1v) is 13.1. The second-order valence-corrected chi connectivity index (χ2v) is 12.1. The maximum absolute atomic E-state index is 11.9. The van der Waals surface area contributed by atoms with Crippen molar-refractivity contribution in [2.75, 3.05) is 6.54 Å². The van der Waals surface area contributed by atoms with Crippen molar-refractivity contribution < 1.29 is 19.4 Å². The predicted molar refractivity (Wildman–Crippen MR) is 125 cm³/mol. The molecule has 4 aliphatic carbocycles. The molecule has 0 aromatic heterocycles. The van der Waals surface area contributed by atoms with Gasteiger partial charge >= 0.3 is 11.9 Å². The molecule has 8 unspecified atom stereocenters. The molecule has 0 aromatic rings. The molecule has 0 bridgehead atoms. The van der Waals surface area contributed by atoms with Gasteiger partial charge in [0.05, 0.1) is 0 Å². The highest BCUT2D eigenvalue weighted by atomic mass is 16.5. The standard InChI is InChI=1S/C26H41N3O4/c1-16(4-9-23(30)31)20-7-8-21-19-6-5-17-14-18(33-24(32)15-28-29-27)10-12-25(17,2)22(19)11-13-26(20,21)3/h16-22H,4-15H2,1-3H3,(H,30,31)/t16-,17?,18?,19?,20?,21?,22?,25?,26?/m1/s1. The molecule has 33 heavy (non-hydrogen) atoms. The Morgan fingerprint density at radius 1 is 1.09 bits per heavy atom. The average molecular weight is 460 g/mol. The third-order valence-electron chi connectivity index (χ3n) is 10.8. The molecule has 9 atom stereocenters. The molecule has 0 amide bonds. The van der Waals surface area contributed by atoms with Gasteiger partial charge in [0.1, 0.15) is 12.6 Å². The van der Waals surface area contributed by atoms with Gasteiger partial charge in [-0.1, -0.05) is 25.9 Å². The van der Waals surface area contributed by atoms with Crippen LogP contribution in [-0.4, -0.2) is 29.7 Å². The highest BCUT2D eigenvalue weighted by Crippen LogP contribution is 2.68. The minimum atomic E-state index is -0.671. The molecule has 0 spiro atoms. The van der Waals surface area contributed by atoms with E-state index in [4.69, 9.17) is 15.4 Å². The van der Waals surface area contributed by atoms with Crippen LogP contribution in [0.3, 0.4) is 0 Å². The van der Waals surface area contributed by atoms with E-state index < -0.39 is 11.9 Å². The topological polar surface area (TPSA) is 112 Å². The van der Waals surface area contributed by atoms with Crippen molar-refractivity contribution in [1.29, 1.82) is 0 Å². The summed E-state index contributed by atoms with van der Waals surface area (Å²) >= 11 is 0. The number of carboxylic acids is 1. The summed E-state index contributed by atoms with van der Waals surface area (Å²) in [5.41, 5.74) is 9.11. The molecule has 1 N–H and O–H groups in total. The summed E-state index contributed by atoms with van der Waals surface area (Å²) in [5.74, 6) is 2.96. The van der Waals surface area contributed by atoms with Gasteiger partial charge in [-0.2, -0.15) is 0 Å². The van der Waals surface area contributed by atoms with Crippen LogP contribution in [-0.2, 0) is 14.3 Å². The molecule has 0 saturated heterocycles. The van der Waals surface area contributed by atoms with E-state index in [0.29, 0.717) is 35.0 Å². The third kappa shape index (κ3) is 4.50. The summed E-state index contributed by atoms with van der Waals surface area (Å²) in [4.78, 5) is 25.7. The highest BCUT2D eigenvalue weighted by Gasteiger charge is 2.60. The fourth-order valence-corrected chi connectivity index (χ4v) is 9.17. The highest BCUT2D eigenvalue weighted by molar-refractivity contribution is 5.72. The first-order valence-electron chi connectivity index (χ1n) is 13.1. The van der Waals surface area contributed by atoms with E-state index in [1.807, 2.05) is 0 Å². The number of carbonyl (C=O) groups excluding carboxylic acids is 1. The number of hydrogen-bond donors (Lipinski definition) is 1. The summed E-state index contributed by atoms with van der Waals surface area (Å²) in [5, 5.41) is 12.5. The van der Waals surface area contributed by atoms with Crippen molar-refractivity contribution in [2.24, 2.45) is 51.5 Å². The SMILES string of the molecule is C[C@H](CCC(=O)O)C1CCC2C3CCC4CC(OC(=O)CN=[N+]=[N-])CCC4(C)C3CCC21C. The van der Waals surface area contributed by atoms with Crippen LogP contribution in [0.1, 0.15) is 91.4 Å². The molecule has 0 radical (unpaired) electrons. The number of esters is 1. The van der Waals surface area contributed by atoms with Gasteiger partial charge in [-0.25, -0.2) is 0 Å². The molecule has 0 heterocycles. The minimum absolute atomic E-state index is 0.0409. The first kappa shape index (κ1) is 24.4. The normalized spacial score (nSPS) is 42.8. The number of ether oxygens (including phenoxy) is 1. The Balaban J connectivity index is 1.42. The van der Waals surface area contributed by atoms with E-state index >= 15 is 0 Å². The van der Waals surface area contributed by atoms with E-state index in [1.54, 1.807) is 0 Å². The molecule has 4 rings (SSSR count). The van der Waals surface area contributed by atoms with Crippen LogP contribution in [0.5, 0.6) is 0 Å². The Morgan fingerprint density at radius 2 is 1.82 bits per heavy atom. The number of carbonyl (C=O) groups is 2. The van der Waals surface area contributed by atoms with E-state index in [-0.39, 0.29) is 12.6 Å². The van der Waals surface area contributed by atoms with Gasteiger partial charge in [0.2, 0.25) is 0 Å². The molecule has 7 nitrogen and oxygen atoms in total. The molecular weight excluding hydrogens is 418 g/mol. The lowest BCUT2D eigenvalue weighted by Crippen LogP contribution is -2.54. The third-order valence-corrected chi connectivity index (χ3v) is 10.8.